The van der Waals surface area contributed by atoms with Crippen molar-refractivity contribution in [2.75, 3.05) is 7.11 Å². The number of nitrogens with two attached hydrogens (primary N) is 1. The molecule has 0 aliphatic carbocycles. The van der Waals surface area contributed by atoms with E-state index in [0.29, 0.717) is 0 Å². The van der Waals surface area contributed by atoms with E-state index in [-0.39, 0.29) is 11.2 Å². The SMILES string of the molecule is COc1ccc(C2=C[C@H](c3ccco3)N(C(N)=S)N2)cc1. The minimum Gasteiger partial charge on any atom is -0.497 e. The summed E-state index contributed by atoms with van der Waals surface area (Å²) in [6, 6.07) is 11.3. The zero-order valence-electron chi connectivity index (χ0n) is 11.4. The van der Waals surface area contributed by atoms with E-state index < -0.39 is 0 Å². The highest BCUT2D eigenvalue weighted by atomic mass is 32.1. The number of nitrogens with zero attached hydrogens (tertiary/aromatic N) is 1. The van der Waals surface area contributed by atoms with Gasteiger partial charge in [0.25, 0.3) is 0 Å². The molecule has 0 fully saturated rings. The van der Waals surface area contributed by atoms with Gasteiger partial charge < -0.3 is 14.9 Å². The Morgan fingerprint density at radius 3 is 2.67 bits per heavy atom. The molecule has 5 nitrogen and oxygen atoms in total. The van der Waals surface area contributed by atoms with Crippen LogP contribution in [0, 0.1) is 0 Å². The van der Waals surface area contributed by atoms with E-state index in [1.165, 1.54) is 0 Å². The van der Waals surface area contributed by atoms with Crippen LogP contribution in [0.3, 0.4) is 0 Å². The summed E-state index contributed by atoms with van der Waals surface area (Å²) >= 11 is 5.09. The molecule has 1 aliphatic rings. The zero-order chi connectivity index (χ0) is 14.8. The second-order valence-electron chi connectivity index (χ2n) is 4.59. The molecule has 108 valence electrons. The molecule has 1 aromatic carbocycles. The molecule has 2 heterocycles. The number of nitrogens with one attached hydrogen (secondary N) is 1. The molecule has 0 bridgehead atoms. The summed E-state index contributed by atoms with van der Waals surface area (Å²) in [5, 5.41) is 1.96. The minimum absolute atomic E-state index is 0.158. The van der Waals surface area contributed by atoms with Crippen molar-refractivity contribution < 1.29 is 9.15 Å². The second-order valence-corrected chi connectivity index (χ2v) is 5.01. The highest BCUT2D eigenvalue weighted by Gasteiger charge is 2.29. The maximum atomic E-state index is 5.78. The van der Waals surface area contributed by atoms with Crippen LogP contribution in [0.15, 0.2) is 53.2 Å². The molecule has 6 heteroatoms. The summed E-state index contributed by atoms with van der Waals surface area (Å²) in [6.45, 7) is 0. The molecule has 21 heavy (non-hydrogen) atoms. The van der Waals surface area contributed by atoms with Crippen LogP contribution < -0.4 is 15.9 Å². The lowest BCUT2D eigenvalue weighted by atomic mass is 10.1. The molecule has 1 aromatic heterocycles. The van der Waals surface area contributed by atoms with Crippen LogP contribution in [0.2, 0.25) is 0 Å². The average molecular weight is 301 g/mol. The number of hydrazine groups is 1. The van der Waals surface area contributed by atoms with Crippen molar-refractivity contribution in [1.29, 1.82) is 0 Å². The monoisotopic (exact) mass is 301 g/mol. The Kier molecular flexibility index (Phi) is 3.53. The van der Waals surface area contributed by atoms with Gasteiger partial charge in [-0.2, -0.15) is 0 Å². The summed E-state index contributed by atoms with van der Waals surface area (Å²) in [7, 11) is 1.64. The van der Waals surface area contributed by atoms with E-state index in [2.05, 4.69) is 5.43 Å². The standard InChI is InChI=1S/C15H15N3O2S/c1-19-11-6-4-10(5-7-11)12-9-13(14-3-2-8-20-14)18(17-12)15(16)21/h2-9,13,17H,1H3,(H2,16,21)/t13-/m1/s1. The topological polar surface area (TPSA) is 63.7 Å². The smallest absolute Gasteiger partial charge is 0.186 e. The molecule has 0 saturated carbocycles. The summed E-state index contributed by atoms with van der Waals surface area (Å²) in [6.07, 6.45) is 3.66. The van der Waals surface area contributed by atoms with Gasteiger partial charge in [0.15, 0.2) is 5.11 Å². The lowest BCUT2D eigenvalue weighted by Gasteiger charge is -2.23. The molecule has 1 aliphatic heterocycles. The van der Waals surface area contributed by atoms with Crippen molar-refractivity contribution in [3.63, 3.8) is 0 Å². The van der Waals surface area contributed by atoms with Crippen LogP contribution in [0.5, 0.6) is 5.75 Å². The van der Waals surface area contributed by atoms with Crippen molar-refractivity contribution in [3.05, 3.63) is 60.1 Å². The minimum atomic E-state index is -0.158. The summed E-state index contributed by atoms with van der Waals surface area (Å²) in [5.74, 6) is 1.59. The van der Waals surface area contributed by atoms with Crippen LogP contribution >= 0.6 is 12.2 Å². The lowest BCUT2D eigenvalue weighted by Crippen LogP contribution is -2.42. The molecule has 0 spiro atoms. The molecule has 0 amide bonds. The Labute approximate surface area is 128 Å². The van der Waals surface area contributed by atoms with Crippen LogP contribution in [0.1, 0.15) is 17.4 Å². The number of benzene rings is 1. The Morgan fingerprint density at radius 2 is 2.10 bits per heavy atom. The maximum absolute atomic E-state index is 5.78. The van der Waals surface area contributed by atoms with Crippen LogP contribution in [0.4, 0.5) is 0 Å². The van der Waals surface area contributed by atoms with E-state index in [9.17, 15) is 0 Å². The lowest BCUT2D eigenvalue weighted by molar-refractivity contribution is 0.304. The molecule has 0 saturated heterocycles. The van der Waals surface area contributed by atoms with E-state index in [1.807, 2.05) is 42.5 Å². The van der Waals surface area contributed by atoms with Gasteiger partial charge in [0.2, 0.25) is 0 Å². The third-order valence-corrected chi connectivity index (χ3v) is 3.51. The van der Waals surface area contributed by atoms with Crippen molar-refractivity contribution in [3.8, 4) is 5.75 Å². The molecule has 2 aromatic rings. The number of rotatable bonds is 3. The van der Waals surface area contributed by atoms with Gasteiger partial charge in [-0.25, -0.2) is 5.01 Å². The third-order valence-electron chi connectivity index (χ3n) is 3.32. The van der Waals surface area contributed by atoms with Crippen LogP contribution in [-0.4, -0.2) is 17.2 Å². The van der Waals surface area contributed by atoms with Crippen molar-refractivity contribution in [2.45, 2.75) is 6.04 Å². The molecule has 1 atom stereocenters. The predicted octanol–water partition coefficient (Wildman–Crippen LogP) is 2.43. The van der Waals surface area contributed by atoms with Crippen molar-refractivity contribution in [1.82, 2.24) is 10.4 Å². The fraction of sp³-hybridized carbons (Fsp3) is 0.133. The molecule has 0 unspecified atom stereocenters. The zero-order valence-corrected chi connectivity index (χ0v) is 12.3. The van der Waals surface area contributed by atoms with Gasteiger partial charge in [-0.1, -0.05) is 0 Å². The molecule has 3 N–H and O–H groups in total. The van der Waals surface area contributed by atoms with Gasteiger partial charge in [-0.15, -0.1) is 0 Å². The van der Waals surface area contributed by atoms with Crippen molar-refractivity contribution in [2.24, 2.45) is 5.73 Å². The number of hydrogen-bond donors (Lipinski definition) is 2. The molecule has 0 radical (unpaired) electrons. The molecular formula is C15H15N3O2S. The Hall–Kier alpha value is -2.47. The summed E-state index contributed by atoms with van der Waals surface area (Å²) in [5.41, 5.74) is 10.9. The quantitative estimate of drug-likeness (QED) is 0.849. The largest absolute Gasteiger partial charge is 0.497 e. The van der Waals surface area contributed by atoms with Gasteiger partial charge in [-0.3, -0.25) is 5.43 Å². The highest BCUT2D eigenvalue weighted by Crippen LogP contribution is 2.31. The van der Waals surface area contributed by atoms with Crippen LogP contribution in [-0.2, 0) is 0 Å². The molecular weight excluding hydrogens is 286 g/mol. The van der Waals surface area contributed by atoms with E-state index in [0.717, 1.165) is 22.8 Å². The van der Waals surface area contributed by atoms with Crippen molar-refractivity contribution >= 4 is 23.0 Å². The van der Waals surface area contributed by atoms with Crippen LogP contribution in [0.25, 0.3) is 5.70 Å². The third kappa shape index (κ3) is 2.57. The first-order chi connectivity index (χ1) is 10.2. The van der Waals surface area contributed by atoms with Gasteiger partial charge in [0.05, 0.1) is 19.1 Å². The first-order valence-electron chi connectivity index (χ1n) is 6.44. The van der Waals surface area contributed by atoms with Gasteiger partial charge >= 0.3 is 0 Å². The van der Waals surface area contributed by atoms with Gasteiger partial charge in [0.1, 0.15) is 17.6 Å². The van der Waals surface area contributed by atoms with Gasteiger partial charge in [0, 0.05) is 0 Å². The summed E-state index contributed by atoms with van der Waals surface area (Å²) < 4.78 is 10.6. The fourth-order valence-corrected chi connectivity index (χ4v) is 2.42. The Morgan fingerprint density at radius 1 is 1.33 bits per heavy atom. The maximum Gasteiger partial charge on any atom is 0.186 e. The Balaban J connectivity index is 1.92. The highest BCUT2D eigenvalue weighted by molar-refractivity contribution is 7.80. The number of furan rings is 1. The number of methoxy groups -OCH3 is 1. The van der Waals surface area contributed by atoms with E-state index >= 15 is 0 Å². The second kappa shape index (κ2) is 5.49. The first-order valence-corrected chi connectivity index (χ1v) is 6.85. The normalized spacial score (nSPS) is 17.3. The first kappa shape index (κ1) is 13.5. The number of ether oxygens (including phenoxy) is 1. The van der Waals surface area contributed by atoms with E-state index in [4.69, 9.17) is 27.1 Å². The molecule has 3 rings (SSSR count). The number of hydrogen-bond acceptors (Lipinski definition) is 4. The van der Waals surface area contributed by atoms with Gasteiger partial charge in [-0.05, 0) is 60.3 Å². The Bertz CT molecular complexity index is 665. The van der Waals surface area contributed by atoms with E-state index in [1.54, 1.807) is 18.4 Å². The number of thiocarbonyl (C=S) groups is 1. The summed E-state index contributed by atoms with van der Waals surface area (Å²) in [4.78, 5) is 0. The predicted molar refractivity (Wildman–Crippen MR) is 84.2 cm³/mol. The fourth-order valence-electron chi connectivity index (χ4n) is 2.26. The average Bonchev–Trinajstić information content (AvgIpc) is 3.16.